The van der Waals surface area contributed by atoms with Crippen LogP contribution in [0.1, 0.15) is 62.5 Å². The van der Waals surface area contributed by atoms with Crippen molar-refractivity contribution >= 4 is 46.9 Å². The van der Waals surface area contributed by atoms with E-state index in [0.717, 1.165) is 16.5 Å². The maximum atomic E-state index is 13.8. The standard InChI is InChI=1S/C35H47N7O8/c1-20(2)14-27(31(46)40-29(19-44)33(48)38-24(18-43)15-21-10-12-22(13-11-21)30(45)42-36)39-32(47)28(41-34(49)50-35(3,4)5)16-23-17-37-26-9-7-6-8-25(23)26/h6-13,17-18,20,24,27-29,37,44H,14-16,19,36H2,1-5H3,(H,38,48)(H,39,47)(H,40,46)(H,41,49)(H,42,45)/t24-,27-,28-,29-/m0/s1. The second-order valence-electron chi connectivity index (χ2n) is 13.3. The van der Waals surface area contributed by atoms with Crippen LogP contribution in [-0.2, 0) is 36.8 Å². The van der Waals surface area contributed by atoms with Crippen LogP contribution < -0.4 is 32.5 Å². The summed E-state index contributed by atoms with van der Waals surface area (Å²) in [6.45, 7) is 7.97. The van der Waals surface area contributed by atoms with Crippen molar-refractivity contribution in [1.82, 2.24) is 31.7 Å². The Morgan fingerprint density at radius 1 is 0.860 bits per heavy atom. The number of aromatic nitrogens is 1. The van der Waals surface area contributed by atoms with E-state index in [-0.39, 0.29) is 25.2 Å². The number of hydrogen-bond acceptors (Lipinski definition) is 9. The van der Waals surface area contributed by atoms with Crippen molar-refractivity contribution in [2.24, 2.45) is 11.8 Å². The molecule has 4 atom stereocenters. The highest BCUT2D eigenvalue weighted by atomic mass is 16.6. The Hall–Kier alpha value is -5.28. The maximum absolute atomic E-state index is 13.8. The Morgan fingerprint density at radius 2 is 1.48 bits per heavy atom. The predicted octanol–water partition coefficient (Wildman–Crippen LogP) is 1.14. The zero-order valence-corrected chi connectivity index (χ0v) is 28.9. The van der Waals surface area contributed by atoms with Crippen molar-refractivity contribution in [3.63, 3.8) is 0 Å². The van der Waals surface area contributed by atoms with Gasteiger partial charge in [0.15, 0.2) is 0 Å². The number of aromatic amines is 1. The molecule has 270 valence electrons. The Balaban J connectivity index is 1.74. The van der Waals surface area contributed by atoms with E-state index >= 15 is 0 Å². The fourth-order valence-corrected chi connectivity index (χ4v) is 5.17. The summed E-state index contributed by atoms with van der Waals surface area (Å²) in [6, 6.07) is 8.94. The second kappa shape index (κ2) is 17.9. The van der Waals surface area contributed by atoms with E-state index in [4.69, 9.17) is 10.6 Å². The molecule has 0 aliphatic rings. The molecule has 0 bridgehead atoms. The number of alkyl carbamates (subject to hydrolysis) is 1. The number of amides is 5. The molecule has 0 saturated heterocycles. The van der Waals surface area contributed by atoms with Crippen LogP contribution >= 0.6 is 0 Å². The van der Waals surface area contributed by atoms with E-state index in [1.165, 1.54) is 12.1 Å². The molecule has 2 aromatic carbocycles. The minimum Gasteiger partial charge on any atom is -0.444 e. The Kier molecular flexibility index (Phi) is 14.0. The van der Waals surface area contributed by atoms with E-state index in [1.807, 2.05) is 43.5 Å². The third kappa shape index (κ3) is 11.7. The molecule has 15 heteroatoms. The summed E-state index contributed by atoms with van der Waals surface area (Å²) in [5.41, 5.74) is 3.71. The van der Waals surface area contributed by atoms with Crippen molar-refractivity contribution in [3.8, 4) is 0 Å². The molecule has 0 spiro atoms. The monoisotopic (exact) mass is 693 g/mol. The van der Waals surface area contributed by atoms with E-state index in [9.17, 15) is 33.9 Å². The zero-order valence-electron chi connectivity index (χ0n) is 28.9. The molecule has 5 amide bonds. The van der Waals surface area contributed by atoms with Crippen LogP contribution in [0.3, 0.4) is 0 Å². The fourth-order valence-electron chi connectivity index (χ4n) is 5.17. The van der Waals surface area contributed by atoms with Gasteiger partial charge in [-0.1, -0.05) is 44.2 Å². The largest absolute Gasteiger partial charge is 0.444 e. The molecule has 1 heterocycles. The predicted molar refractivity (Wildman–Crippen MR) is 185 cm³/mol. The van der Waals surface area contributed by atoms with Crippen LogP contribution in [0.5, 0.6) is 0 Å². The summed E-state index contributed by atoms with van der Waals surface area (Å²) in [5, 5.41) is 21.2. The number of benzene rings is 2. The molecule has 3 aromatic rings. The number of hydrazine groups is 1. The van der Waals surface area contributed by atoms with Crippen LogP contribution in [0.15, 0.2) is 54.7 Å². The van der Waals surface area contributed by atoms with Gasteiger partial charge in [0.05, 0.1) is 12.6 Å². The van der Waals surface area contributed by atoms with Crippen LogP contribution in [0.2, 0.25) is 0 Å². The number of ether oxygens (including phenoxy) is 1. The number of rotatable bonds is 16. The number of carbonyl (C=O) groups excluding carboxylic acids is 6. The van der Waals surface area contributed by atoms with Gasteiger partial charge in [0, 0.05) is 29.1 Å². The van der Waals surface area contributed by atoms with Gasteiger partial charge in [-0.25, -0.2) is 10.6 Å². The number of nitrogens with one attached hydrogen (secondary N) is 6. The first-order chi connectivity index (χ1) is 23.6. The molecular weight excluding hydrogens is 646 g/mol. The molecular formula is C35H47N7O8. The van der Waals surface area contributed by atoms with Crippen LogP contribution in [0, 0.1) is 5.92 Å². The lowest BCUT2D eigenvalue weighted by Crippen LogP contribution is -2.59. The lowest BCUT2D eigenvalue weighted by atomic mass is 10.0. The Bertz CT molecular complexity index is 1650. The number of fused-ring (bicyclic) bond motifs is 1. The Labute approximate surface area is 290 Å². The Morgan fingerprint density at radius 3 is 2.08 bits per heavy atom. The first-order valence-electron chi connectivity index (χ1n) is 16.3. The van der Waals surface area contributed by atoms with Crippen LogP contribution in [-0.4, -0.2) is 82.5 Å². The number of aliphatic hydroxyl groups is 1. The third-order valence-electron chi connectivity index (χ3n) is 7.56. The molecule has 15 nitrogen and oxygen atoms in total. The van der Waals surface area contributed by atoms with E-state index < -0.39 is 66.1 Å². The number of carbonyl (C=O) groups is 6. The summed E-state index contributed by atoms with van der Waals surface area (Å²) >= 11 is 0. The quantitative estimate of drug-likeness (QED) is 0.0464. The van der Waals surface area contributed by atoms with E-state index in [2.05, 4.69) is 26.3 Å². The summed E-state index contributed by atoms with van der Waals surface area (Å²) in [6.07, 6.45) is 1.75. The van der Waals surface area contributed by atoms with Gasteiger partial charge >= 0.3 is 6.09 Å². The minimum absolute atomic E-state index is 0.0698. The van der Waals surface area contributed by atoms with Crippen molar-refractivity contribution in [1.29, 1.82) is 0 Å². The number of para-hydroxylation sites is 1. The molecule has 0 aliphatic heterocycles. The SMILES string of the molecule is CC(C)C[C@H](NC(=O)[C@H](Cc1c[nH]c2ccccc12)NC(=O)OC(C)(C)C)C(=O)N[C@@H](CO)C(=O)N[C@H](C=O)Cc1ccc(C(=O)NN)cc1. The minimum atomic E-state index is -1.45. The average Bonchev–Trinajstić information content (AvgIpc) is 3.47. The van der Waals surface area contributed by atoms with Gasteiger partial charge in [-0.15, -0.1) is 0 Å². The van der Waals surface area contributed by atoms with E-state index in [0.29, 0.717) is 17.4 Å². The molecule has 0 saturated carbocycles. The topological polar surface area (TPSA) is 234 Å². The van der Waals surface area contributed by atoms with Crippen molar-refractivity contribution < 1.29 is 38.6 Å². The highest BCUT2D eigenvalue weighted by Crippen LogP contribution is 2.20. The fraction of sp³-hybridized carbons (Fsp3) is 0.429. The summed E-state index contributed by atoms with van der Waals surface area (Å²) in [5.74, 6) is 2.33. The van der Waals surface area contributed by atoms with Crippen LogP contribution in [0.25, 0.3) is 10.9 Å². The van der Waals surface area contributed by atoms with Gasteiger partial charge in [0.1, 0.15) is 30.0 Å². The van der Waals surface area contributed by atoms with Crippen molar-refractivity contribution in [3.05, 3.63) is 71.4 Å². The second-order valence-corrected chi connectivity index (χ2v) is 13.3. The van der Waals surface area contributed by atoms with Crippen molar-refractivity contribution in [2.75, 3.05) is 6.61 Å². The molecule has 0 unspecified atom stereocenters. The molecule has 50 heavy (non-hydrogen) atoms. The average molecular weight is 694 g/mol. The first kappa shape index (κ1) is 39.2. The highest BCUT2D eigenvalue weighted by Gasteiger charge is 2.32. The smallest absolute Gasteiger partial charge is 0.408 e. The normalized spacial score (nSPS) is 13.8. The lowest BCUT2D eigenvalue weighted by Gasteiger charge is -2.27. The number of hydrogen-bond donors (Lipinski definition) is 8. The van der Waals surface area contributed by atoms with E-state index in [1.54, 1.807) is 39.1 Å². The van der Waals surface area contributed by atoms with Gasteiger partial charge in [0.25, 0.3) is 5.91 Å². The number of nitrogens with two attached hydrogens (primary N) is 1. The molecule has 0 aliphatic carbocycles. The van der Waals surface area contributed by atoms with Crippen molar-refractivity contribution in [2.45, 2.75) is 83.6 Å². The maximum Gasteiger partial charge on any atom is 0.408 e. The molecule has 9 N–H and O–H groups in total. The van der Waals surface area contributed by atoms with Gasteiger partial charge in [0.2, 0.25) is 17.7 Å². The number of aldehydes is 1. The molecule has 1 aromatic heterocycles. The first-order valence-corrected chi connectivity index (χ1v) is 16.3. The summed E-state index contributed by atoms with van der Waals surface area (Å²) in [7, 11) is 0. The summed E-state index contributed by atoms with van der Waals surface area (Å²) < 4.78 is 5.40. The van der Waals surface area contributed by atoms with Gasteiger partial charge in [-0.3, -0.25) is 24.6 Å². The number of H-pyrrole nitrogens is 1. The number of nitrogen functional groups attached to an aromatic ring is 1. The molecule has 0 fully saturated rings. The highest BCUT2D eigenvalue weighted by molar-refractivity contribution is 5.95. The van der Waals surface area contributed by atoms with Crippen LogP contribution in [0.4, 0.5) is 4.79 Å². The third-order valence-corrected chi connectivity index (χ3v) is 7.56. The molecule has 3 rings (SSSR count). The lowest BCUT2D eigenvalue weighted by molar-refractivity contribution is -0.134. The van der Waals surface area contributed by atoms with Gasteiger partial charge in [-0.05, 0) is 68.9 Å². The number of aliphatic hydroxyl groups excluding tert-OH is 1. The van der Waals surface area contributed by atoms with Gasteiger partial charge in [-0.2, -0.15) is 0 Å². The zero-order chi connectivity index (χ0) is 37.0. The molecule has 0 radical (unpaired) electrons. The van der Waals surface area contributed by atoms with Gasteiger partial charge < -0.3 is 40.9 Å². The summed E-state index contributed by atoms with van der Waals surface area (Å²) in [4.78, 5) is 79.8.